The molecule has 6 heteroatoms. The highest BCUT2D eigenvalue weighted by molar-refractivity contribution is 6.06. The third-order valence-electron chi connectivity index (χ3n) is 4.84. The minimum absolute atomic E-state index is 0.547. The first kappa shape index (κ1) is 15.7. The average Bonchev–Trinajstić information content (AvgIpc) is 3.13. The van der Waals surface area contributed by atoms with Crippen molar-refractivity contribution in [2.75, 3.05) is 19.8 Å². The molecule has 24 heavy (non-hydrogen) atoms. The largest absolute Gasteiger partial charge is 0.353 e. The van der Waals surface area contributed by atoms with Crippen LogP contribution in [-0.2, 0) is 15.9 Å². The van der Waals surface area contributed by atoms with Gasteiger partial charge in [-0.15, -0.1) is 0 Å². The van der Waals surface area contributed by atoms with Gasteiger partial charge in [-0.3, -0.25) is 4.99 Å². The molecule has 0 radical (unpaired) electrons. The summed E-state index contributed by atoms with van der Waals surface area (Å²) in [4.78, 5) is 7.93. The van der Waals surface area contributed by atoms with E-state index in [0.717, 1.165) is 41.6 Å². The van der Waals surface area contributed by atoms with Gasteiger partial charge in [0.1, 0.15) is 0 Å². The molecule has 0 saturated carbocycles. The number of aromatic amines is 1. The van der Waals surface area contributed by atoms with Crippen molar-refractivity contribution in [2.45, 2.75) is 38.4 Å². The number of fused-ring (bicyclic) bond motifs is 3. The summed E-state index contributed by atoms with van der Waals surface area (Å²) >= 11 is 0. The number of benzene rings is 1. The average molecular weight is 334 g/mol. The Morgan fingerprint density at radius 1 is 1.17 bits per heavy atom. The van der Waals surface area contributed by atoms with Crippen molar-refractivity contribution in [3.8, 4) is 0 Å². The lowest BCUT2D eigenvalue weighted by molar-refractivity contribution is -0.144. The first-order valence-corrected chi connectivity index (χ1v) is 8.37. The summed E-state index contributed by atoms with van der Waals surface area (Å²) in [7, 11) is 0. The standard InChI is InChI=1S/C18H20F2N2O2/c1-18(23-7-8-24-18)5-6-21-15-4-2-3-11-12-9-13(19)14(20)10-16(12)22-17(11)15/h9-10,22H,2-8H2,1H3/b21-15+. The van der Waals surface area contributed by atoms with Crippen molar-refractivity contribution < 1.29 is 18.3 Å². The zero-order chi connectivity index (χ0) is 16.7. The van der Waals surface area contributed by atoms with E-state index < -0.39 is 17.4 Å². The molecule has 0 bridgehead atoms. The molecular weight excluding hydrogens is 314 g/mol. The smallest absolute Gasteiger partial charge is 0.167 e. The van der Waals surface area contributed by atoms with E-state index in [-0.39, 0.29) is 0 Å². The molecule has 0 spiro atoms. The van der Waals surface area contributed by atoms with Gasteiger partial charge in [-0.25, -0.2) is 8.78 Å². The number of H-pyrrole nitrogens is 1. The van der Waals surface area contributed by atoms with Gasteiger partial charge in [0.2, 0.25) is 0 Å². The summed E-state index contributed by atoms with van der Waals surface area (Å²) in [5.74, 6) is -2.19. The Bertz CT molecular complexity index is 807. The van der Waals surface area contributed by atoms with Crippen molar-refractivity contribution in [2.24, 2.45) is 4.99 Å². The monoisotopic (exact) mass is 334 g/mol. The fourth-order valence-corrected chi connectivity index (χ4v) is 3.56. The first-order chi connectivity index (χ1) is 11.6. The second kappa shape index (κ2) is 5.93. The van der Waals surface area contributed by atoms with Crippen LogP contribution < -0.4 is 0 Å². The van der Waals surface area contributed by atoms with Gasteiger partial charge in [0.15, 0.2) is 17.4 Å². The third-order valence-corrected chi connectivity index (χ3v) is 4.84. The van der Waals surface area contributed by atoms with Crippen LogP contribution in [0.2, 0.25) is 0 Å². The summed E-state index contributed by atoms with van der Waals surface area (Å²) in [6.07, 6.45) is 3.37. The number of halogens is 2. The van der Waals surface area contributed by atoms with E-state index >= 15 is 0 Å². The number of nitrogens with zero attached hydrogens (tertiary/aromatic N) is 1. The molecule has 4 rings (SSSR count). The zero-order valence-electron chi connectivity index (χ0n) is 13.6. The number of ether oxygens (including phenoxy) is 2. The van der Waals surface area contributed by atoms with Crippen molar-refractivity contribution in [1.82, 2.24) is 4.98 Å². The molecule has 0 amide bonds. The third kappa shape index (κ3) is 2.74. The molecule has 1 aliphatic carbocycles. The van der Waals surface area contributed by atoms with E-state index in [2.05, 4.69) is 4.98 Å². The van der Waals surface area contributed by atoms with Gasteiger partial charge < -0.3 is 14.5 Å². The fourth-order valence-electron chi connectivity index (χ4n) is 3.56. The van der Waals surface area contributed by atoms with Gasteiger partial charge in [-0.1, -0.05) is 0 Å². The number of aromatic nitrogens is 1. The lowest BCUT2D eigenvalue weighted by Gasteiger charge is -2.21. The molecule has 1 N–H and O–H groups in total. The van der Waals surface area contributed by atoms with Gasteiger partial charge in [-0.05, 0) is 37.8 Å². The molecule has 1 aliphatic heterocycles. The first-order valence-electron chi connectivity index (χ1n) is 8.37. The second-order valence-corrected chi connectivity index (χ2v) is 6.55. The highest BCUT2D eigenvalue weighted by Gasteiger charge is 2.30. The van der Waals surface area contributed by atoms with Crippen molar-refractivity contribution in [3.05, 3.63) is 35.0 Å². The number of rotatable bonds is 3. The summed E-state index contributed by atoms with van der Waals surface area (Å²) in [5, 5.41) is 0.755. The maximum Gasteiger partial charge on any atom is 0.167 e. The molecule has 1 aromatic carbocycles. The minimum Gasteiger partial charge on any atom is -0.353 e. The topological polar surface area (TPSA) is 46.6 Å². The molecule has 1 saturated heterocycles. The molecule has 4 nitrogen and oxygen atoms in total. The van der Waals surface area contributed by atoms with E-state index in [1.807, 2.05) is 6.92 Å². The Labute approximate surface area is 138 Å². The Morgan fingerprint density at radius 3 is 2.71 bits per heavy atom. The molecule has 0 atom stereocenters. The number of nitrogens with one attached hydrogen (secondary N) is 1. The molecule has 0 unspecified atom stereocenters. The maximum absolute atomic E-state index is 13.6. The van der Waals surface area contributed by atoms with Crippen LogP contribution in [0.5, 0.6) is 0 Å². The molecule has 2 aliphatic rings. The lowest BCUT2D eigenvalue weighted by atomic mass is 9.94. The highest BCUT2D eigenvalue weighted by Crippen LogP contribution is 2.31. The van der Waals surface area contributed by atoms with Crippen LogP contribution in [0.25, 0.3) is 10.9 Å². The van der Waals surface area contributed by atoms with Crippen LogP contribution in [-0.4, -0.2) is 36.2 Å². The van der Waals surface area contributed by atoms with Crippen LogP contribution in [0.3, 0.4) is 0 Å². The quantitative estimate of drug-likeness (QED) is 0.930. The summed E-state index contributed by atoms with van der Waals surface area (Å²) in [6.45, 7) is 3.77. The molecular formula is C18H20F2N2O2. The van der Waals surface area contributed by atoms with Crippen LogP contribution in [0, 0.1) is 11.6 Å². The molecule has 2 aromatic rings. The molecule has 1 fully saturated rings. The lowest BCUT2D eigenvalue weighted by Crippen LogP contribution is -2.26. The zero-order valence-corrected chi connectivity index (χ0v) is 13.6. The summed E-state index contributed by atoms with van der Waals surface area (Å²) in [6, 6.07) is 2.51. The van der Waals surface area contributed by atoms with Crippen LogP contribution in [0.1, 0.15) is 37.4 Å². The van der Waals surface area contributed by atoms with Gasteiger partial charge in [-0.2, -0.15) is 0 Å². The van der Waals surface area contributed by atoms with E-state index in [0.29, 0.717) is 31.7 Å². The van der Waals surface area contributed by atoms with E-state index in [4.69, 9.17) is 14.5 Å². The Kier molecular flexibility index (Phi) is 3.89. The number of hydrogen-bond acceptors (Lipinski definition) is 3. The van der Waals surface area contributed by atoms with Crippen LogP contribution >= 0.6 is 0 Å². The predicted molar refractivity (Wildman–Crippen MR) is 87.5 cm³/mol. The SMILES string of the molecule is CC1(CC/N=C2\CCCc3c2[nH]c2cc(F)c(F)cc32)OCCO1. The van der Waals surface area contributed by atoms with Crippen LogP contribution in [0.15, 0.2) is 17.1 Å². The van der Waals surface area contributed by atoms with Gasteiger partial charge >= 0.3 is 0 Å². The molecule has 1 aromatic heterocycles. The minimum atomic E-state index is -0.831. The number of aliphatic imine (C=N–C) groups is 1. The summed E-state index contributed by atoms with van der Waals surface area (Å²) < 4.78 is 38.2. The van der Waals surface area contributed by atoms with Crippen LogP contribution in [0.4, 0.5) is 8.78 Å². The van der Waals surface area contributed by atoms with Gasteiger partial charge in [0.25, 0.3) is 0 Å². The van der Waals surface area contributed by atoms with E-state index in [1.165, 1.54) is 12.1 Å². The highest BCUT2D eigenvalue weighted by atomic mass is 19.2. The maximum atomic E-state index is 13.6. The van der Waals surface area contributed by atoms with Crippen molar-refractivity contribution in [3.63, 3.8) is 0 Å². The number of aryl methyl sites for hydroxylation is 1. The number of hydrogen-bond donors (Lipinski definition) is 1. The Morgan fingerprint density at radius 2 is 1.92 bits per heavy atom. The van der Waals surface area contributed by atoms with Gasteiger partial charge in [0, 0.05) is 29.9 Å². The van der Waals surface area contributed by atoms with E-state index in [9.17, 15) is 8.78 Å². The second-order valence-electron chi connectivity index (χ2n) is 6.55. The normalized spacial score (nSPS) is 21.5. The fraction of sp³-hybridized carbons (Fsp3) is 0.500. The molecule has 128 valence electrons. The molecule has 2 heterocycles. The van der Waals surface area contributed by atoms with E-state index in [1.54, 1.807) is 0 Å². The summed E-state index contributed by atoms with van der Waals surface area (Å²) in [5.41, 5.74) is 3.55. The predicted octanol–water partition coefficient (Wildman–Crippen LogP) is 3.72. The van der Waals surface area contributed by atoms with Crippen molar-refractivity contribution in [1.29, 1.82) is 0 Å². The van der Waals surface area contributed by atoms with Gasteiger partial charge in [0.05, 0.1) is 24.6 Å². The Hall–Kier alpha value is -1.79. The Balaban J connectivity index is 1.62. The van der Waals surface area contributed by atoms with Crippen molar-refractivity contribution >= 4 is 16.6 Å².